The van der Waals surface area contributed by atoms with E-state index in [1.165, 1.54) is 82.5 Å². The molecule has 0 N–H and O–H groups in total. The van der Waals surface area contributed by atoms with E-state index in [0.29, 0.717) is 0 Å². The Bertz CT molecular complexity index is 2810. The van der Waals surface area contributed by atoms with E-state index in [0.717, 1.165) is 16.0 Å². The van der Waals surface area contributed by atoms with Gasteiger partial charge in [0.05, 0.1) is 21.3 Å². The number of hydrogen-bond acceptors (Lipinski definition) is 2. The maximum atomic E-state index is 5.00. The predicted molar refractivity (Wildman–Crippen MR) is 225 cm³/mol. The first kappa shape index (κ1) is 31.2. The van der Waals surface area contributed by atoms with E-state index in [1.807, 2.05) is 0 Å². The van der Waals surface area contributed by atoms with Gasteiger partial charge in [0, 0.05) is 5.56 Å². The number of rotatable bonds is 6. The Kier molecular flexibility index (Phi) is 7.59. The normalized spacial score (nSPS) is 11.5. The maximum Gasteiger partial charge on any atom is 0.195 e. The van der Waals surface area contributed by atoms with Gasteiger partial charge in [-0.2, -0.15) is 0 Å². The molecule has 0 atom stereocenters. The first-order valence-electron chi connectivity index (χ1n) is 18.1. The summed E-state index contributed by atoms with van der Waals surface area (Å²) in [5.41, 5.74) is 19.2. The largest absolute Gasteiger partial charge is 0.283 e. The molecule has 0 unspecified atom stereocenters. The molecule has 0 spiro atoms. The molecule has 3 heteroatoms. The Morgan fingerprint density at radius 2 is 0.849 bits per heavy atom. The molecule has 0 radical (unpaired) electrons. The van der Waals surface area contributed by atoms with E-state index in [2.05, 4.69) is 199 Å². The van der Waals surface area contributed by atoms with Crippen LogP contribution < -0.4 is 0 Å². The highest BCUT2D eigenvalue weighted by Gasteiger charge is 2.24. The highest BCUT2D eigenvalue weighted by atomic mass is 32.1. The average molecular weight is 695 g/mol. The molecular formula is C50H34N2S. The van der Waals surface area contributed by atoms with E-state index in [-0.39, 0.29) is 0 Å². The van der Waals surface area contributed by atoms with Gasteiger partial charge in [-0.05, 0) is 98.0 Å². The number of imidazole rings is 1. The molecule has 0 saturated carbocycles. The second-order valence-electron chi connectivity index (χ2n) is 13.6. The summed E-state index contributed by atoms with van der Waals surface area (Å²) in [6.45, 7) is 2.22. The average Bonchev–Trinajstić information content (AvgIpc) is 3.78. The molecule has 0 aliphatic carbocycles. The number of fused-ring (bicyclic) bond motifs is 5. The molecule has 0 fully saturated rings. The van der Waals surface area contributed by atoms with E-state index in [4.69, 9.17) is 4.98 Å². The summed E-state index contributed by atoms with van der Waals surface area (Å²) in [7, 11) is 0. The number of hydrogen-bond donors (Lipinski definition) is 0. The summed E-state index contributed by atoms with van der Waals surface area (Å²) < 4.78 is 3.57. The fourth-order valence-electron chi connectivity index (χ4n) is 7.98. The molecule has 2 aromatic heterocycles. The maximum absolute atomic E-state index is 5.00. The summed E-state index contributed by atoms with van der Waals surface area (Å²) in [5, 5.41) is 0. The summed E-state index contributed by atoms with van der Waals surface area (Å²) in [6, 6.07) is 68.1. The highest BCUT2D eigenvalue weighted by Crippen LogP contribution is 2.50. The van der Waals surface area contributed by atoms with Crippen LogP contribution >= 0.6 is 11.3 Å². The van der Waals surface area contributed by atoms with Gasteiger partial charge in [-0.25, -0.2) is 4.98 Å². The van der Waals surface area contributed by atoms with Crippen LogP contribution in [0.25, 0.3) is 93.0 Å². The second kappa shape index (κ2) is 12.9. The first-order valence-corrected chi connectivity index (χ1v) is 18.9. The van der Waals surface area contributed by atoms with Crippen molar-refractivity contribution in [3.8, 4) is 66.8 Å². The molecule has 2 nitrogen and oxygen atoms in total. The molecule has 0 saturated heterocycles. The van der Waals surface area contributed by atoms with Crippen LogP contribution in [0.4, 0.5) is 0 Å². The number of thiazole rings is 1. The number of para-hydroxylation sites is 2. The van der Waals surface area contributed by atoms with Crippen molar-refractivity contribution in [1.82, 2.24) is 9.38 Å². The molecule has 250 valence electrons. The number of benzene rings is 8. The smallest absolute Gasteiger partial charge is 0.195 e. The van der Waals surface area contributed by atoms with E-state index >= 15 is 0 Å². The molecule has 0 aliphatic heterocycles. The Labute approximate surface area is 312 Å². The molecular weight excluding hydrogens is 661 g/mol. The van der Waals surface area contributed by atoms with Gasteiger partial charge in [-0.1, -0.05) is 175 Å². The summed E-state index contributed by atoms with van der Waals surface area (Å²) in [4.78, 5) is 6.02. The highest BCUT2D eigenvalue weighted by molar-refractivity contribution is 7.24. The molecule has 10 aromatic rings. The predicted octanol–water partition coefficient (Wildman–Crippen LogP) is 14.0. The van der Waals surface area contributed by atoms with Crippen molar-refractivity contribution in [2.45, 2.75) is 6.92 Å². The third kappa shape index (κ3) is 5.28. The van der Waals surface area contributed by atoms with Crippen LogP contribution in [0.15, 0.2) is 188 Å². The summed E-state index contributed by atoms with van der Waals surface area (Å²) >= 11 is 1.77. The van der Waals surface area contributed by atoms with Gasteiger partial charge in [0.1, 0.15) is 0 Å². The van der Waals surface area contributed by atoms with Crippen LogP contribution in [-0.2, 0) is 0 Å². The molecule has 10 rings (SSSR count). The zero-order chi connectivity index (χ0) is 35.3. The zero-order valence-electron chi connectivity index (χ0n) is 29.2. The Morgan fingerprint density at radius 3 is 1.40 bits per heavy atom. The van der Waals surface area contributed by atoms with Crippen molar-refractivity contribution in [2.75, 3.05) is 0 Å². The van der Waals surface area contributed by atoms with Gasteiger partial charge < -0.3 is 0 Å². The van der Waals surface area contributed by atoms with Gasteiger partial charge in [0.25, 0.3) is 0 Å². The fraction of sp³-hybridized carbons (Fsp3) is 0.0200. The van der Waals surface area contributed by atoms with Crippen LogP contribution in [0, 0.1) is 6.92 Å². The van der Waals surface area contributed by atoms with Crippen molar-refractivity contribution < 1.29 is 0 Å². The van der Waals surface area contributed by atoms with Crippen molar-refractivity contribution in [1.29, 1.82) is 0 Å². The lowest BCUT2D eigenvalue weighted by molar-refractivity contribution is 1.34. The molecule has 53 heavy (non-hydrogen) atoms. The van der Waals surface area contributed by atoms with Crippen molar-refractivity contribution in [3.63, 3.8) is 0 Å². The van der Waals surface area contributed by atoms with E-state index in [1.54, 1.807) is 11.3 Å². The van der Waals surface area contributed by atoms with Crippen LogP contribution in [0.3, 0.4) is 0 Å². The van der Waals surface area contributed by atoms with E-state index < -0.39 is 0 Å². The van der Waals surface area contributed by atoms with Crippen molar-refractivity contribution >= 4 is 37.5 Å². The molecule has 0 aliphatic rings. The molecule has 2 heterocycles. The summed E-state index contributed by atoms with van der Waals surface area (Å²) in [5.74, 6) is 0. The molecule has 0 bridgehead atoms. The topological polar surface area (TPSA) is 17.3 Å². The molecule has 0 amide bonds. The minimum Gasteiger partial charge on any atom is -0.283 e. The Balaban J connectivity index is 1.26. The molecule has 8 aromatic carbocycles. The quantitative estimate of drug-likeness (QED) is 0.169. The monoisotopic (exact) mass is 694 g/mol. The van der Waals surface area contributed by atoms with Gasteiger partial charge in [0.2, 0.25) is 0 Å². The minimum atomic E-state index is 1.02. The number of nitrogens with zero attached hydrogens (tertiary/aromatic N) is 2. The van der Waals surface area contributed by atoms with Crippen LogP contribution in [-0.4, -0.2) is 9.38 Å². The first-order chi connectivity index (χ1) is 26.2. The SMILES string of the molecule is Cc1ccc2c(sc3nc4ccccc4n32)c1-c1ccc(-c2c(-c3ccccc3)c(-c3ccccc3)cc(-c3ccccc3)c2-c2ccccc2)cc1. The Morgan fingerprint density at radius 1 is 0.396 bits per heavy atom. The van der Waals surface area contributed by atoms with Crippen LogP contribution in [0.1, 0.15) is 5.56 Å². The van der Waals surface area contributed by atoms with Crippen LogP contribution in [0.5, 0.6) is 0 Å². The Hall–Kier alpha value is -6.55. The van der Waals surface area contributed by atoms with Crippen molar-refractivity contribution in [3.05, 3.63) is 194 Å². The lowest BCUT2D eigenvalue weighted by Gasteiger charge is -2.24. The standard InChI is InChI=1S/C50H34N2S/c1-33-26-31-44-49(53-50-51-42-24-14-15-25-43(42)52(44)50)45(33)38-27-29-39(30-28-38)48-46(36-20-10-4-11-21-36)40(34-16-6-2-7-17-34)32-41(35-18-8-3-9-19-35)47(48)37-22-12-5-13-23-37/h2-32H,1H3. The van der Waals surface area contributed by atoms with Crippen LogP contribution in [0.2, 0.25) is 0 Å². The van der Waals surface area contributed by atoms with Crippen molar-refractivity contribution in [2.24, 2.45) is 0 Å². The second-order valence-corrected chi connectivity index (χ2v) is 14.5. The fourth-order valence-corrected chi connectivity index (χ4v) is 9.24. The number of aryl methyl sites for hydroxylation is 1. The lowest BCUT2D eigenvalue weighted by atomic mass is 9.78. The number of aromatic nitrogens is 2. The van der Waals surface area contributed by atoms with E-state index in [9.17, 15) is 0 Å². The summed E-state index contributed by atoms with van der Waals surface area (Å²) in [6.07, 6.45) is 0. The minimum absolute atomic E-state index is 1.02. The third-order valence-corrected chi connectivity index (χ3v) is 11.5. The lowest BCUT2D eigenvalue weighted by Crippen LogP contribution is -1.98. The van der Waals surface area contributed by atoms with Gasteiger partial charge >= 0.3 is 0 Å². The van der Waals surface area contributed by atoms with Gasteiger partial charge in [-0.3, -0.25) is 4.40 Å². The third-order valence-electron chi connectivity index (χ3n) is 10.4. The zero-order valence-corrected chi connectivity index (χ0v) is 30.0. The van der Waals surface area contributed by atoms with Gasteiger partial charge in [0.15, 0.2) is 4.96 Å². The van der Waals surface area contributed by atoms with Gasteiger partial charge in [-0.15, -0.1) is 0 Å².